The second kappa shape index (κ2) is 12.2. The SMILES string of the molecule is CCCC1CC(CC)CCC(CC)CC(C2C(CCC)C3C2CC2CC(C)CC(C)(CCN)C23)C1. The normalized spacial score (nSPS) is 48.3. The lowest BCUT2D eigenvalue weighted by Crippen LogP contribution is -2.54. The van der Waals surface area contributed by atoms with Crippen LogP contribution in [0.3, 0.4) is 0 Å². The molecule has 35 heavy (non-hydrogen) atoms. The van der Waals surface area contributed by atoms with Crippen molar-refractivity contribution < 1.29 is 0 Å². The van der Waals surface area contributed by atoms with Crippen LogP contribution in [0.1, 0.15) is 138 Å². The van der Waals surface area contributed by atoms with Crippen LogP contribution in [0.15, 0.2) is 0 Å². The maximum Gasteiger partial charge on any atom is -0.00720 e. The Morgan fingerprint density at radius 3 is 2.03 bits per heavy atom. The molecule has 1 nitrogen and oxygen atoms in total. The molecule has 0 aromatic rings. The molecule has 12 unspecified atom stereocenters. The van der Waals surface area contributed by atoms with Crippen LogP contribution in [0.5, 0.6) is 0 Å². The van der Waals surface area contributed by atoms with Gasteiger partial charge in [-0.1, -0.05) is 92.9 Å². The van der Waals surface area contributed by atoms with Gasteiger partial charge in [-0.15, -0.1) is 0 Å². The van der Waals surface area contributed by atoms with Crippen LogP contribution in [0.2, 0.25) is 0 Å². The number of rotatable bonds is 9. The highest BCUT2D eigenvalue weighted by Gasteiger charge is 2.65. The molecule has 0 spiro atoms. The second-order valence-corrected chi connectivity index (χ2v) is 14.8. The van der Waals surface area contributed by atoms with Gasteiger partial charge >= 0.3 is 0 Å². The zero-order valence-electron chi connectivity index (χ0n) is 24.7. The molecule has 0 aliphatic heterocycles. The number of hydrogen-bond donors (Lipinski definition) is 1. The first-order valence-electron chi connectivity index (χ1n) is 16.6. The summed E-state index contributed by atoms with van der Waals surface area (Å²) in [6, 6.07) is 0. The molecule has 4 saturated carbocycles. The lowest BCUT2D eigenvalue weighted by molar-refractivity contribution is -0.109. The Morgan fingerprint density at radius 1 is 0.743 bits per heavy atom. The molecule has 4 rings (SSSR count). The first-order chi connectivity index (χ1) is 16.9. The minimum atomic E-state index is 0.511. The van der Waals surface area contributed by atoms with Crippen LogP contribution in [0.4, 0.5) is 0 Å². The van der Waals surface area contributed by atoms with E-state index in [9.17, 15) is 0 Å². The zero-order chi connectivity index (χ0) is 25.2. The molecule has 204 valence electrons. The molecule has 0 radical (unpaired) electrons. The Labute approximate surface area is 220 Å². The summed E-state index contributed by atoms with van der Waals surface area (Å²) in [5, 5.41) is 0. The summed E-state index contributed by atoms with van der Waals surface area (Å²) < 4.78 is 0. The average Bonchev–Trinajstić information content (AvgIpc) is 3.16. The zero-order valence-corrected chi connectivity index (χ0v) is 24.7. The summed E-state index contributed by atoms with van der Waals surface area (Å²) in [7, 11) is 0. The van der Waals surface area contributed by atoms with E-state index < -0.39 is 0 Å². The maximum atomic E-state index is 6.25. The van der Waals surface area contributed by atoms with Crippen LogP contribution in [0.25, 0.3) is 0 Å². The Balaban J connectivity index is 1.61. The van der Waals surface area contributed by atoms with E-state index in [1.807, 2.05) is 0 Å². The van der Waals surface area contributed by atoms with Crippen molar-refractivity contribution in [3.05, 3.63) is 0 Å². The van der Waals surface area contributed by atoms with E-state index in [1.165, 1.54) is 77.0 Å². The molecular formula is C34H63N. The van der Waals surface area contributed by atoms with E-state index in [0.29, 0.717) is 5.41 Å². The fourth-order valence-electron chi connectivity index (χ4n) is 11.4. The molecule has 0 amide bonds. The van der Waals surface area contributed by atoms with Crippen molar-refractivity contribution >= 4 is 0 Å². The van der Waals surface area contributed by atoms with E-state index in [1.54, 1.807) is 19.3 Å². The molecule has 1 heteroatoms. The molecule has 0 aromatic carbocycles. The molecule has 4 fully saturated rings. The standard InChI is InChI=1S/C34H63N/c1-7-11-26-18-24(9-3)13-14-25(10-4)19-27(20-26)31-29(12-8-2)32-30(31)21-28-17-23(5)22-34(6,15-16-35)33(28)32/h23-33H,7-22,35H2,1-6H3. The fraction of sp³-hybridized carbons (Fsp3) is 1.00. The Kier molecular flexibility index (Phi) is 9.76. The summed E-state index contributed by atoms with van der Waals surface area (Å²) in [5.74, 6) is 11.1. The molecule has 12 atom stereocenters. The third-order valence-corrected chi connectivity index (χ3v) is 12.5. The van der Waals surface area contributed by atoms with E-state index >= 15 is 0 Å². The topological polar surface area (TPSA) is 26.0 Å². The minimum Gasteiger partial charge on any atom is -0.330 e. The average molecular weight is 486 g/mol. The van der Waals surface area contributed by atoms with Gasteiger partial charge in [-0.2, -0.15) is 0 Å². The smallest absolute Gasteiger partial charge is 0.00720 e. The van der Waals surface area contributed by atoms with E-state index in [-0.39, 0.29) is 0 Å². The molecular weight excluding hydrogens is 422 g/mol. The van der Waals surface area contributed by atoms with Crippen molar-refractivity contribution in [2.75, 3.05) is 6.54 Å². The largest absolute Gasteiger partial charge is 0.330 e. The molecule has 4 aliphatic rings. The Bertz CT molecular complexity index is 643. The van der Waals surface area contributed by atoms with Gasteiger partial charge in [0.15, 0.2) is 0 Å². The summed E-state index contributed by atoms with van der Waals surface area (Å²) in [6.07, 6.45) is 22.1. The van der Waals surface area contributed by atoms with Crippen LogP contribution >= 0.6 is 0 Å². The van der Waals surface area contributed by atoms with Gasteiger partial charge in [0.05, 0.1) is 0 Å². The Morgan fingerprint density at radius 2 is 1.40 bits per heavy atom. The molecule has 0 bridgehead atoms. The van der Waals surface area contributed by atoms with Crippen molar-refractivity contribution in [2.24, 2.45) is 76.2 Å². The quantitative estimate of drug-likeness (QED) is 0.345. The fourth-order valence-corrected chi connectivity index (χ4v) is 11.4. The van der Waals surface area contributed by atoms with E-state index in [0.717, 1.165) is 71.6 Å². The number of nitrogens with two attached hydrogens (primary N) is 1. The number of fused-ring (bicyclic) bond motifs is 3. The van der Waals surface area contributed by atoms with Crippen molar-refractivity contribution in [3.63, 3.8) is 0 Å². The van der Waals surface area contributed by atoms with Crippen LogP contribution < -0.4 is 5.73 Å². The van der Waals surface area contributed by atoms with Gasteiger partial charge in [0.2, 0.25) is 0 Å². The summed E-state index contributed by atoms with van der Waals surface area (Å²) >= 11 is 0. The monoisotopic (exact) mass is 485 g/mol. The van der Waals surface area contributed by atoms with Crippen LogP contribution in [-0.2, 0) is 0 Å². The third kappa shape index (κ3) is 5.71. The highest BCUT2D eigenvalue weighted by molar-refractivity contribution is 5.13. The lowest BCUT2D eigenvalue weighted by atomic mass is 9.46. The lowest BCUT2D eigenvalue weighted by Gasteiger charge is -2.59. The van der Waals surface area contributed by atoms with E-state index in [4.69, 9.17) is 5.73 Å². The van der Waals surface area contributed by atoms with Gasteiger partial charge in [0, 0.05) is 0 Å². The van der Waals surface area contributed by atoms with Crippen molar-refractivity contribution in [1.82, 2.24) is 0 Å². The van der Waals surface area contributed by atoms with Gasteiger partial charge in [-0.3, -0.25) is 0 Å². The van der Waals surface area contributed by atoms with E-state index in [2.05, 4.69) is 41.5 Å². The number of hydrogen-bond acceptors (Lipinski definition) is 1. The predicted octanol–water partition coefficient (Wildman–Crippen LogP) is 9.74. The van der Waals surface area contributed by atoms with Crippen LogP contribution in [-0.4, -0.2) is 6.54 Å². The van der Waals surface area contributed by atoms with Gasteiger partial charge < -0.3 is 5.73 Å². The molecule has 0 aromatic heterocycles. The molecule has 2 N–H and O–H groups in total. The first kappa shape index (κ1) is 28.0. The van der Waals surface area contributed by atoms with Gasteiger partial charge in [-0.05, 0) is 122 Å². The summed E-state index contributed by atoms with van der Waals surface area (Å²) in [5.41, 5.74) is 6.76. The minimum absolute atomic E-state index is 0.511. The predicted molar refractivity (Wildman–Crippen MR) is 153 cm³/mol. The maximum absolute atomic E-state index is 6.25. The summed E-state index contributed by atoms with van der Waals surface area (Å²) in [6.45, 7) is 16.0. The van der Waals surface area contributed by atoms with Crippen molar-refractivity contribution in [3.8, 4) is 0 Å². The van der Waals surface area contributed by atoms with Gasteiger partial charge in [0.1, 0.15) is 0 Å². The Hall–Kier alpha value is -0.0400. The molecule has 4 aliphatic carbocycles. The second-order valence-electron chi connectivity index (χ2n) is 14.8. The molecule has 0 saturated heterocycles. The summed E-state index contributed by atoms with van der Waals surface area (Å²) in [4.78, 5) is 0. The van der Waals surface area contributed by atoms with Gasteiger partial charge in [0.25, 0.3) is 0 Å². The molecule has 0 heterocycles. The van der Waals surface area contributed by atoms with Crippen LogP contribution in [0, 0.1) is 70.5 Å². The van der Waals surface area contributed by atoms with Gasteiger partial charge in [-0.25, -0.2) is 0 Å². The van der Waals surface area contributed by atoms with Crippen molar-refractivity contribution in [2.45, 2.75) is 138 Å². The van der Waals surface area contributed by atoms with Crippen molar-refractivity contribution in [1.29, 1.82) is 0 Å². The first-order valence-corrected chi connectivity index (χ1v) is 16.6. The third-order valence-electron chi connectivity index (χ3n) is 12.5. The highest BCUT2D eigenvalue weighted by atomic mass is 14.7. The highest BCUT2D eigenvalue weighted by Crippen LogP contribution is 2.71.